The van der Waals surface area contributed by atoms with Gasteiger partial charge in [-0.25, -0.2) is 0 Å². The highest BCUT2D eigenvalue weighted by molar-refractivity contribution is 6.02. The minimum absolute atomic E-state index is 0.0662. The predicted octanol–water partition coefficient (Wildman–Crippen LogP) is 4.29. The Morgan fingerprint density at radius 3 is 2.26 bits per heavy atom. The number of rotatable bonds is 4. The van der Waals surface area contributed by atoms with Crippen molar-refractivity contribution in [2.24, 2.45) is 10.4 Å². The van der Waals surface area contributed by atoms with Crippen LogP contribution >= 0.6 is 0 Å². The number of hydrogen-bond acceptors (Lipinski definition) is 2. The van der Waals surface area contributed by atoms with Gasteiger partial charge in [0.1, 0.15) is 6.29 Å². The van der Waals surface area contributed by atoms with Crippen LogP contribution in [0.15, 0.2) is 53.6 Å². The summed E-state index contributed by atoms with van der Waals surface area (Å²) in [6, 6.07) is 9.73. The maximum Gasteiger partial charge on any atom is 0.145 e. The van der Waals surface area contributed by atoms with Crippen LogP contribution in [0.1, 0.15) is 33.3 Å². The van der Waals surface area contributed by atoms with Crippen molar-refractivity contribution in [3.63, 3.8) is 0 Å². The number of aldehydes is 1. The first-order valence-electron chi connectivity index (χ1n) is 6.41. The van der Waals surface area contributed by atoms with E-state index in [1.807, 2.05) is 49.4 Å². The van der Waals surface area contributed by atoms with Crippen LogP contribution in [0.3, 0.4) is 0 Å². The Labute approximate surface area is 115 Å². The van der Waals surface area contributed by atoms with Crippen molar-refractivity contribution in [3.05, 3.63) is 54.1 Å². The normalized spacial score (nSPS) is 13.9. The Morgan fingerprint density at radius 1 is 1.16 bits per heavy atom. The van der Waals surface area contributed by atoms with Crippen molar-refractivity contribution in [1.82, 2.24) is 0 Å². The zero-order chi connectivity index (χ0) is 14.3. The fourth-order valence-electron chi connectivity index (χ4n) is 1.61. The molecule has 0 saturated carbocycles. The monoisotopic (exact) mass is 255 g/mol. The van der Waals surface area contributed by atoms with E-state index in [2.05, 4.69) is 25.8 Å². The molecule has 0 aliphatic heterocycles. The molecule has 1 aromatic carbocycles. The van der Waals surface area contributed by atoms with E-state index in [9.17, 15) is 4.79 Å². The van der Waals surface area contributed by atoms with E-state index in [1.54, 1.807) is 0 Å². The zero-order valence-corrected chi connectivity index (χ0v) is 12.1. The van der Waals surface area contributed by atoms with Crippen molar-refractivity contribution in [2.45, 2.75) is 27.7 Å². The van der Waals surface area contributed by atoms with Gasteiger partial charge >= 0.3 is 0 Å². The van der Waals surface area contributed by atoms with Crippen LogP contribution in [0.4, 0.5) is 0 Å². The van der Waals surface area contributed by atoms with Gasteiger partial charge in [-0.05, 0) is 13.0 Å². The molecule has 0 saturated heterocycles. The molecule has 0 N–H and O–H groups in total. The van der Waals surface area contributed by atoms with Gasteiger partial charge in [0, 0.05) is 22.8 Å². The second-order valence-electron chi connectivity index (χ2n) is 5.30. The quantitative estimate of drug-likeness (QED) is 0.448. The average molecular weight is 255 g/mol. The number of carbonyl (C=O) groups excluding carboxylic acids is 1. The minimum Gasteiger partial charge on any atom is -0.298 e. The highest BCUT2D eigenvalue weighted by Gasteiger charge is 2.17. The van der Waals surface area contributed by atoms with Crippen molar-refractivity contribution >= 4 is 17.7 Å². The third-order valence-electron chi connectivity index (χ3n) is 2.63. The van der Waals surface area contributed by atoms with Crippen molar-refractivity contribution in [2.75, 3.05) is 0 Å². The molecular weight excluding hydrogens is 234 g/mol. The van der Waals surface area contributed by atoms with Crippen LogP contribution < -0.4 is 0 Å². The third kappa shape index (κ3) is 4.66. The summed E-state index contributed by atoms with van der Waals surface area (Å²) in [6.45, 7) is 8.28. The lowest BCUT2D eigenvalue weighted by molar-refractivity contribution is -0.104. The molecule has 2 nitrogen and oxygen atoms in total. The second kappa shape index (κ2) is 6.83. The molecule has 100 valence electrons. The molecule has 0 unspecified atom stereocenters. The summed E-state index contributed by atoms with van der Waals surface area (Å²) in [6.07, 6.45) is 6.24. The summed E-state index contributed by atoms with van der Waals surface area (Å²) in [7, 11) is 0. The SMILES string of the molecule is C\C=C/C(=N\C(=C\C=O)c1ccccc1)C(C)(C)C. The lowest BCUT2D eigenvalue weighted by Gasteiger charge is -2.19. The Kier molecular flexibility index (Phi) is 5.43. The molecule has 1 rings (SSSR count). The van der Waals surface area contributed by atoms with Crippen molar-refractivity contribution in [3.8, 4) is 0 Å². The summed E-state index contributed by atoms with van der Waals surface area (Å²) >= 11 is 0. The summed E-state index contributed by atoms with van der Waals surface area (Å²) in [5, 5.41) is 0. The summed E-state index contributed by atoms with van der Waals surface area (Å²) in [5.41, 5.74) is 2.52. The van der Waals surface area contributed by atoms with Crippen LogP contribution in [0.5, 0.6) is 0 Å². The van der Waals surface area contributed by atoms with Gasteiger partial charge in [0.05, 0.1) is 5.70 Å². The first-order chi connectivity index (χ1) is 8.99. The topological polar surface area (TPSA) is 29.4 Å². The number of nitrogens with zero attached hydrogens (tertiary/aromatic N) is 1. The summed E-state index contributed by atoms with van der Waals surface area (Å²) in [4.78, 5) is 15.5. The van der Waals surface area contributed by atoms with Gasteiger partial charge in [-0.2, -0.15) is 0 Å². The lowest BCUT2D eigenvalue weighted by Crippen LogP contribution is -2.18. The molecule has 0 bridgehead atoms. The molecule has 0 fully saturated rings. The predicted molar refractivity (Wildman–Crippen MR) is 82.2 cm³/mol. The van der Waals surface area contributed by atoms with E-state index in [-0.39, 0.29) is 5.41 Å². The molecule has 0 aliphatic rings. The first-order valence-corrected chi connectivity index (χ1v) is 6.41. The maximum absolute atomic E-state index is 10.8. The van der Waals surface area contributed by atoms with Gasteiger partial charge in [0.2, 0.25) is 0 Å². The maximum atomic E-state index is 10.8. The largest absolute Gasteiger partial charge is 0.298 e. The van der Waals surface area contributed by atoms with Crippen LogP contribution in [0.25, 0.3) is 5.70 Å². The molecule has 19 heavy (non-hydrogen) atoms. The number of hydrogen-bond donors (Lipinski definition) is 0. The molecular formula is C17H21NO. The highest BCUT2D eigenvalue weighted by Crippen LogP contribution is 2.22. The number of aliphatic imine (C=N–C) groups is 1. The first kappa shape index (κ1) is 15.1. The second-order valence-corrected chi connectivity index (χ2v) is 5.30. The molecule has 0 radical (unpaired) electrons. The standard InChI is InChI=1S/C17H21NO/c1-5-9-16(17(2,3)4)18-15(12-13-19)14-10-7-6-8-11-14/h5-13H,1-4H3/b9-5-,15-12+,18-16+. The fraction of sp³-hybridized carbons (Fsp3) is 0.294. The van der Waals surface area contributed by atoms with Gasteiger partial charge in [-0.1, -0.05) is 57.2 Å². The highest BCUT2D eigenvalue weighted by atomic mass is 16.1. The van der Waals surface area contributed by atoms with Gasteiger partial charge < -0.3 is 0 Å². The van der Waals surface area contributed by atoms with Gasteiger partial charge in [-0.15, -0.1) is 0 Å². The molecule has 0 aromatic heterocycles. The van der Waals surface area contributed by atoms with E-state index in [1.165, 1.54) is 6.08 Å². The Bertz CT molecular complexity index is 502. The molecule has 1 aromatic rings. The van der Waals surface area contributed by atoms with Crippen molar-refractivity contribution < 1.29 is 4.79 Å². The van der Waals surface area contributed by atoms with Crippen LogP contribution in [0.2, 0.25) is 0 Å². The lowest BCUT2D eigenvalue weighted by atomic mass is 9.89. The molecule has 0 amide bonds. The summed E-state index contributed by atoms with van der Waals surface area (Å²) in [5.74, 6) is 0. The van der Waals surface area contributed by atoms with Crippen LogP contribution in [0, 0.1) is 5.41 Å². The Hall–Kier alpha value is -1.96. The zero-order valence-electron chi connectivity index (χ0n) is 12.1. The third-order valence-corrected chi connectivity index (χ3v) is 2.63. The van der Waals surface area contributed by atoms with Gasteiger partial charge in [0.25, 0.3) is 0 Å². The number of allylic oxidation sites excluding steroid dienone is 3. The van der Waals surface area contributed by atoms with Crippen molar-refractivity contribution in [1.29, 1.82) is 0 Å². The van der Waals surface area contributed by atoms with E-state index in [0.29, 0.717) is 5.70 Å². The average Bonchev–Trinajstić information content (AvgIpc) is 2.37. The van der Waals surface area contributed by atoms with E-state index in [0.717, 1.165) is 17.6 Å². The molecule has 0 atom stereocenters. The van der Waals surface area contributed by atoms with Gasteiger partial charge in [-0.3, -0.25) is 9.79 Å². The smallest absolute Gasteiger partial charge is 0.145 e. The van der Waals surface area contributed by atoms with E-state index >= 15 is 0 Å². The minimum atomic E-state index is -0.0662. The molecule has 0 aliphatic carbocycles. The van der Waals surface area contributed by atoms with Crippen LogP contribution in [-0.2, 0) is 4.79 Å². The molecule has 0 spiro atoms. The molecule has 2 heteroatoms. The number of carbonyl (C=O) groups is 1. The fourth-order valence-corrected chi connectivity index (χ4v) is 1.61. The van der Waals surface area contributed by atoms with E-state index < -0.39 is 0 Å². The Morgan fingerprint density at radius 2 is 1.79 bits per heavy atom. The number of benzene rings is 1. The van der Waals surface area contributed by atoms with E-state index in [4.69, 9.17) is 0 Å². The van der Waals surface area contributed by atoms with Crippen LogP contribution in [-0.4, -0.2) is 12.0 Å². The Balaban J connectivity index is 3.28. The summed E-state index contributed by atoms with van der Waals surface area (Å²) < 4.78 is 0. The van der Waals surface area contributed by atoms with Gasteiger partial charge in [0.15, 0.2) is 0 Å². The molecule has 0 heterocycles.